The zero-order chi connectivity index (χ0) is 28.5. The number of carboxylic acids is 1. The molecule has 4 aromatic rings. The number of rotatable bonds is 8. The number of ether oxygens (including phenoxy) is 1. The molecule has 3 heterocycles. The molecule has 0 aliphatic carbocycles. The molecule has 40 heavy (non-hydrogen) atoms. The van der Waals surface area contributed by atoms with Crippen molar-refractivity contribution in [2.75, 3.05) is 31.2 Å². The first-order chi connectivity index (χ1) is 19.4. The van der Waals surface area contributed by atoms with Crippen LogP contribution in [0.15, 0.2) is 54.9 Å². The van der Waals surface area contributed by atoms with E-state index in [1.807, 2.05) is 41.1 Å². The lowest BCUT2D eigenvalue weighted by Crippen LogP contribution is -2.86. The number of benzene rings is 2. The predicted molar refractivity (Wildman–Crippen MR) is 150 cm³/mol. The van der Waals surface area contributed by atoms with Crippen molar-refractivity contribution in [3.05, 3.63) is 60.4 Å². The van der Waals surface area contributed by atoms with Crippen LogP contribution in [0.5, 0.6) is 5.75 Å². The first-order valence-corrected chi connectivity index (χ1v) is 13.4. The van der Waals surface area contributed by atoms with Crippen LogP contribution in [0.1, 0.15) is 44.2 Å². The Bertz CT molecular complexity index is 1450. The molecule has 5 rings (SSSR count). The van der Waals surface area contributed by atoms with Gasteiger partial charge in [-0.15, -0.1) is 0 Å². The average molecular weight is 546 g/mol. The zero-order valence-corrected chi connectivity index (χ0v) is 22.8. The molecule has 1 aliphatic heterocycles. The highest BCUT2D eigenvalue weighted by atomic mass is 16.5. The Balaban J connectivity index is 0.000000867. The maximum absolute atomic E-state index is 12.6. The van der Waals surface area contributed by atoms with E-state index < -0.39 is 5.97 Å². The largest absolute Gasteiger partial charge is 0.550 e. The van der Waals surface area contributed by atoms with E-state index in [4.69, 9.17) is 25.5 Å². The minimum absolute atomic E-state index is 0.0431. The Morgan fingerprint density at radius 2 is 1.88 bits per heavy atom. The summed E-state index contributed by atoms with van der Waals surface area (Å²) in [5.74, 6) is -0.161. The smallest absolute Gasteiger partial charge is 0.224 e. The molecule has 0 bridgehead atoms. The van der Waals surface area contributed by atoms with E-state index >= 15 is 0 Å². The Labute approximate surface area is 232 Å². The topological polar surface area (TPSA) is 165 Å². The first kappa shape index (κ1) is 28.5. The first-order valence-electron chi connectivity index (χ1n) is 13.4. The number of piperidine rings is 1. The molecule has 0 unspecified atom stereocenters. The molecular weight excluding hydrogens is 510 g/mol. The number of carboxylic acid groups (broad SMARTS) is 1. The number of quaternary nitrogens is 1. The number of aromatic nitrogens is 4. The second-order valence-electron chi connectivity index (χ2n) is 9.64. The molecule has 11 heteroatoms. The molecule has 1 aliphatic rings. The summed E-state index contributed by atoms with van der Waals surface area (Å²) in [4.78, 5) is 30.2. The van der Waals surface area contributed by atoms with Crippen LogP contribution in [-0.4, -0.2) is 51.8 Å². The lowest BCUT2D eigenvalue weighted by atomic mass is 10.1. The number of nitrogens with one attached hydrogen (secondary N) is 1. The predicted octanol–water partition coefficient (Wildman–Crippen LogP) is 1.70. The SMILES string of the molecule is CC(=O)[O-].COc1cc(-c2nn(C3CC[NH2+]CC3)c3ncnc(N)c23)ccc1NC(=O)CCCc1ccccc1. The van der Waals surface area contributed by atoms with E-state index in [2.05, 4.69) is 32.7 Å². The summed E-state index contributed by atoms with van der Waals surface area (Å²) in [6, 6.07) is 16.1. The van der Waals surface area contributed by atoms with Crippen LogP contribution in [0.4, 0.5) is 11.5 Å². The quantitative estimate of drug-likeness (QED) is 0.301. The summed E-state index contributed by atoms with van der Waals surface area (Å²) in [7, 11) is 1.59. The number of aliphatic carboxylic acids is 1. The number of hydrogen-bond acceptors (Lipinski definition) is 8. The van der Waals surface area contributed by atoms with Crippen LogP contribution >= 0.6 is 0 Å². The summed E-state index contributed by atoms with van der Waals surface area (Å²) in [6.07, 6.45) is 5.62. The summed E-state index contributed by atoms with van der Waals surface area (Å²) in [5.41, 5.74) is 10.5. The second-order valence-corrected chi connectivity index (χ2v) is 9.64. The maximum Gasteiger partial charge on any atom is 0.224 e. The Kier molecular flexibility index (Phi) is 9.63. The highest BCUT2D eigenvalue weighted by Crippen LogP contribution is 2.36. The summed E-state index contributed by atoms with van der Waals surface area (Å²) in [6.45, 7) is 3.10. The minimum Gasteiger partial charge on any atom is -0.550 e. The summed E-state index contributed by atoms with van der Waals surface area (Å²) < 4.78 is 7.64. The van der Waals surface area contributed by atoms with E-state index in [1.165, 1.54) is 11.9 Å². The van der Waals surface area contributed by atoms with Crippen LogP contribution in [-0.2, 0) is 16.0 Å². The number of methoxy groups -OCH3 is 1. The third-order valence-corrected chi connectivity index (χ3v) is 6.73. The number of nitrogens with zero attached hydrogens (tertiary/aromatic N) is 4. The molecule has 2 aromatic carbocycles. The Morgan fingerprint density at radius 3 is 2.58 bits per heavy atom. The van der Waals surface area contributed by atoms with Crippen molar-refractivity contribution in [3.8, 4) is 17.0 Å². The van der Waals surface area contributed by atoms with E-state index in [0.29, 0.717) is 23.7 Å². The molecule has 0 saturated carbocycles. The van der Waals surface area contributed by atoms with Crippen molar-refractivity contribution < 1.29 is 24.7 Å². The van der Waals surface area contributed by atoms with E-state index in [1.54, 1.807) is 7.11 Å². The molecule has 1 fully saturated rings. The zero-order valence-electron chi connectivity index (χ0n) is 22.8. The van der Waals surface area contributed by atoms with Gasteiger partial charge in [0.1, 0.15) is 23.6 Å². The van der Waals surface area contributed by atoms with Crippen LogP contribution in [0.3, 0.4) is 0 Å². The third-order valence-electron chi connectivity index (χ3n) is 6.73. The van der Waals surface area contributed by atoms with Crippen molar-refractivity contribution in [2.24, 2.45) is 0 Å². The number of aryl methyl sites for hydroxylation is 1. The van der Waals surface area contributed by atoms with Crippen molar-refractivity contribution in [1.29, 1.82) is 0 Å². The van der Waals surface area contributed by atoms with E-state index in [0.717, 1.165) is 68.0 Å². The van der Waals surface area contributed by atoms with Gasteiger partial charge in [0.25, 0.3) is 0 Å². The number of fused-ring (bicyclic) bond motifs is 1. The molecule has 0 spiro atoms. The molecule has 0 radical (unpaired) electrons. The number of nitrogens with two attached hydrogens (primary N) is 2. The van der Waals surface area contributed by atoms with Gasteiger partial charge in [-0.2, -0.15) is 5.10 Å². The van der Waals surface area contributed by atoms with Gasteiger partial charge < -0.3 is 31.0 Å². The van der Waals surface area contributed by atoms with Crippen LogP contribution in [0.2, 0.25) is 0 Å². The third kappa shape index (κ3) is 7.11. The average Bonchev–Trinajstić information content (AvgIpc) is 3.35. The van der Waals surface area contributed by atoms with Gasteiger partial charge in [0.15, 0.2) is 5.65 Å². The number of carbonyl (C=O) groups is 2. The number of hydrogen-bond donors (Lipinski definition) is 3. The number of amides is 1. The van der Waals surface area contributed by atoms with Crippen LogP contribution in [0.25, 0.3) is 22.3 Å². The van der Waals surface area contributed by atoms with Crippen LogP contribution < -0.4 is 26.2 Å². The minimum atomic E-state index is -1.08. The molecule has 210 valence electrons. The van der Waals surface area contributed by atoms with Gasteiger partial charge in [-0.3, -0.25) is 4.79 Å². The van der Waals surface area contributed by atoms with Crippen LogP contribution in [0, 0.1) is 0 Å². The monoisotopic (exact) mass is 545 g/mol. The van der Waals surface area contributed by atoms with Crippen molar-refractivity contribution >= 4 is 34.4 Å². The highest BCUT2D eigenvalue weighted by Gasteiger charge is 2.25. The fourth-order valence-electron chi connectivity index (χ4n) is 4.86. The van der Waals surface area contributed by atoms with Gasteiger partial charge >= 0.3 is 0 Å². The van der Waals surface area contributed by atoms with E-state index in [9.17, 15) is 4.79 Å². The lowest BCUT2D eigenvalue weighted by molar-refractivity contribution is -0.664. The highest BCUT2D eigenvalue weighted by molar-refractivity contribution is 5.99. The molecule has 0 atom stereocenters. The number of nitrogen functional groups attached to an aromatic ring is 1. The molecule has 2 aromatic heterocycles. The maximum atomic E-state index is 12.6. The normalized spacial score (nSPS) is 13.3. The Morgan fingerprint density at radius 1 is 1.15 bits per heavy atom. The standard InChI is InChI=1S/C27H31N7O2.C2H4O2/c1-36-22-16-19(10-11-21(22)32-23(35)9-5-8-18-6-3-2-4-7-18)25-24-26(28)30-17-31-27(24)34(33-25)20-12-14-29-15-13-20;1-2(3)4/h2-4,6-7,10-11,16-17,20,29H,5,8-9,12-15H2,1H3,(H,32,35)(H2,28,30,31);1H3,(H,3,4). The fourth-order valence-corrected chi connectivity index (χ4v) is 4.86. The van der Waals surface area contributed by atoms with Gasteiger partial charge in [-0.05, 0) is 37.5 Å². The fraction of sp³-hybridized carbons (Fsp3) is 0.345. The van der Waals surface area contributed by atoms with Crippen molar-refractivity contribution in [1.82, 2.24) is 19.7 Å². The molecule has 1 amide bonds. The molecule has 1 saturated heterocycles. The van der Waals surface area contributed by atoms with Gasteiger partial charge in [0, 0.05) is 30.8 Å². The van der Waals surface area contributed by atoms with Gasteiger partial charge in [-0.25, -0.2) is 14.6 Å². The van der Waals surface area contributed by atoms with Gasteiger partial charge in [0.05, 0.1) is 37.3 Å². The van der Waals surface area contributed by atoms with Gasteiger partial charge in [-0.1, -0.05) is 36.4 Å². The van der Waals surface area contributed by atoms with E-state index in [-0.39, 0.29) is 11.9 Å². The Hall–Kier alpha value is -4.51. The molecular formula is C29H35N7O4. The lowest BCUT2D eigenvalue weighted by Gasteiger charge is -2.21. The molecule has 5 N–H and O–H groups in total. The summed E-state index contributed by atoms with van der Waals surface area (Å²) >= 11 is 0. The number of carbonyl (C=O) groups excluding carboxylic acids is 2. The molecule has 11 nitrogen and oxygen atoms in total. The van der Waals surface area contributed by atoms with Crippen molar-refractivity contribution in [2.45, 2.75) is 45.1 Å². The van der Waals surface area contributed by atoms with Crippen molar-refractivity contribution in [3.63, 3.8) is 0 Å². The summed E-state index contributed by atoms with van der Waals surface area (Å²) in [5, 5.41) is 19.9. The van der Waals surface area contributed by atoms with Gasteiger partial charge in [0.2, 0.25) is 5.91 Å². The number of anilines is 2. The second kappa shape index (κ2) is 13.5.